The monoisotopic (exact) mass is 375 g/mol. The van der Waals surface area contributed by atoms with Gasteiger partial charge in [-0.25, -0.2) is 4.98 Å². The first-order valence-corrected chi connectivity index (χ1v) is 8.81. The molecule has 0 saturated carbocycles. The summed E-state index contributed by atoms with van der Waals surface area (Å²) in [6, 6.07) is 9.05. The second-order valence-corrected chi connectivity index (χ2v) is 7.21. The maximum absolute atomic E-state index is 12.4. The van der Waals surface area contributed by atoms with E-state index in [1.807, 2.05) is 19.9 Å². The molecule has 0 radical (unpaired) electrons. The lowest BCUT2D eigenvalue weighted by molar-refractivity contribution is -0.115. The zero-order valence-electron chi connectivity index (χ0n) is 14.4. The zero-order valence-corrected chi connectivity index (χ0v) is 16.0. The van der Waals surface area contributed by atoms with Gasteiger partial charge in [0.05, 0.1) is 22.9 Å². The Morgan fingerprint density at radius 1 is 1.40 bits per heavy atom. The first-order chi connectivity index (χ1) is 11.8. The van der Waals surface area contributed by atoms with E-state index < -0.39 is 5.25 Å². The Bertz CT molecular complexity index is 849. The quantitative estimate of drug-likeness (QED) is 0.786. The van der Waals surface area contributed by atoms with E-state index in [4.69, 9.17) is 16.3 Å². The number of halogens is 1. The summed E-state index contributed by atoms with van der Waals surface area (Å²) in [5, 5.41) is 12.7. The molecule has 2 aromatic rings. The maximum atomic E-state index is 12.4. The topological polar surface area (TPSA) is 75.0 Å². The standard InChI is InChI=1S/C18H18ClN3O2S/c1-10-7-11(2)21-18(14(10)9-20)25-12(3)17(23)22-13-5-6-16(24-4)15(19)8-13/h5-8,12H,1-4H3,(H,22,23)/t12-/m0/s1. The van der Waals surface area contributed by atoms with Crippen LogP contribution in [0, 0.1) is 25.2 Å². The van der Waals surface area contributed by atoms with Gasteiger partial charge in [-0.1, -0.05) is 23.4 Å². The average Bonchev–Trinajstić information content (AvgIpc) is 2.54. The number of aromatic nitrogens is 1. The van der Waals surface area contributed by atoms with Crippen LogP contribution in [0.4, 0.5) is 5.69 Å². The molecule has 0 aliphatic carbocycles. The van der Waals surface area contributed by atoms with Gasteiger partial charge in [-0.05, 0) is 50.6 Å². The van der Waals surface area contributed by atoms with Crippen molar-refractivity contribution in [3.8, 4) is 11.8 Å². The van der Waals surface area contributed by atoms with Crippen molar-refractivity contribution < 1.29 is 9.53 Å². The van der Waals surface area contributed by atoms with Gasteiger partial charge in [0.2, 0.25) is 5.91 Å². The van der Waals surface area contributed by atoms with Crippen LogP contribution in [0.15, 0.2) is 29.3 Å². The number of carbonyl (C=O) groups is 1. The highest BCUT2D eigenvalue weighted by Gasteiger charge is 2.19. The smallest absolute Gasteiger partial charge is 0.237 e. The van der Waals surface area contributed by atoms with Crippen LogP contribution in [0.1, 0.15) is 23.7 Å². The van der Waals surface area contributed by atoms with E-state index in [9.17, 15) is 10.1 Å². The molecule has 0 spiro atoms. The van der Waals surface area contributed by atoms with Crippen LogP contribution in [0.5, 0.6) is 5.75 Å². The van der Waals surface area contributed by atoms with Gasteiger partial charge in [0.15, 0.2) is 0 Å². The fourth-order valence-electron chi connectivity index (χ4n) is 2.23. The average molecular weight is 376 g/mol. The number of nitriles is 1. The minimum Gasteiger partial charge on any atom is -0.495 e. The van der Waals surface area contributed by atoms with Crippen LogP contribution in [0.25, 0.3) is 0 Å². The highest BCUT2D eigenvalue weighted by molar-refractivity contribution is 8.00. The minimum absolute atomic E-state index is 0.198. The number of thioether (sulfide) groups is 1. The minimum atomic E-state index is -0.429. The molecule has 0 bridgehead atoms. The van der Waals surface area contributed by atoms with Crippen molar-refractivity contribution in [3.63, 3.8) is 0 Å². The normalized spacial score (nSPS) is 11.5. The fourth-order valence-corrected chi connectivity index (χ4v) is 3.51. The Hall–Kier alpha value is -2.23. The molecule has 1 heterocycles. The molecular formula is C18H18ClN3O2S. The number of hydrogen-bond donors (Lipinski definition) is 1. The summed E-state index contributed by atoms with van der Waals surface area (Å²) in [4.78, 5) is 16.8. The largest absolute Gasteiger partial charge is 0.495 e. The van der Waals surface area contributed by atoms with Crippen LogP contribution in [0.3, 0.4) is 0 Å². The van der Waals surface area contributed by atoms with Gasteiger partial charge in [0.1, 0.15) is 16.8 Å². The maximum Gasteiger partial charge on any atom is 0.237 e. The zero-order chi connectivity index (χ0) is 18.6. The molecule has 7 heteroatoms. The van der Waals surface area contributed by atoms with E-state index in [2.05, 4.69) is 16.4 Å². The molecule has 1 aromatic heterocycles. The first kappa shape index (κ1) is 19.1. The molecule has 1 aromatic carbocycles. The second kappa shape index (κ2) is 8.24. The number of aryl methyl sites for hydroxylation is 2. The van der Waals surface area contributed by atoms with E-state index in [0.717, 1.165) is 11.3 Å². The molecule has 0 fully saturated rings. The highest BCUT2D eigenvalue weighted by Crippen LogP contribution is 2.30. The fraction of sp³-hybridized carbons (Fsp3) is 0.278. The lowest BCUT2D eigenvalue weighted by Gasteiger charge is -2.14. The number of benzene rings is 1. The molecule has 1 amide bonds. The highest BCUT2D eigenvalue weighted by atomic mass is 35.5. The van der Waals surface area contributed by atoms with E-state index in [-0.39, 0.29) is 5.91 Å². The third kappa shape index (κ3) is 4.65. The van der Waals surface area contributed by atoms with Crippen LogP contribution in [-0.4, -0.2) is 23.3 Å². The van der Waals surface area contributed by atoms with Gasteiger partial charge >= 0.3 is 0 Å². The van der Waals surface area contributed by atoms with E-state index in [1.54, 1.807) is 25.1 Å². The Labute approximate surface area is 156 Å². The molecule has 0 unspecified atom stereocenters. The van der Waals surface area contributed by atoms with Gasteiger partial charge in [0, 0.05) is 11.4 Å². The van der Waals surface area contributed by atoms with E-state index in [1.165, 1.54) is 18.9 Å². The van der Waals surface area contributed by atoms with Crippen molar-refractivity contribution in [2.45, 2.75) is 31.0 Å². The first-order valence-electron chi connectivity index (χ1n) is 7.55. The van der Waals surface area contributed by atoms with Crippen LogP contribution >= 0.6 is 23.4 Å². The van der Waals surface area contributed by atoms with E-state index in [0.29, 0.717) is 27.0 Å². The van der Waals surface area contributed by atoms with Gasteiger partial charge in [0.25, 0.3) is 0 Å². The lowest BCUT2D eigenvalue weighted by Crippen LogP contribution is -2.22. The van der Waals surface area contributed by atoms with Gasteiger partial charge in [-0.2, -0.15) is 5.26 Å². The van der Waals surface area contributed by atoms with Crippen LogP contribution in [0.2, 0.25) is 5.02 Å². The number of carbonyl (C=O) groups excluding carboxylic acids is 1. The SMILES string of the molecule is COc1ccc(NC(=O)[C@H](C)Sc2nc(C)cc(C)c2C#N)cc1Cl. The Morgan fingerprint density at radius 2 is 2.12 bits per heavy atom. The third-order valence-corrected chi connectivity index (χ3v) is 4.88. The summed E-state index contributed by atoms with van der Waals surface area (Å²) in [6.45, 7) is 5.50. The number of anilines is 1. The summed E-state index contributed by atoms with van der Waals surface area (Å²) in [6.07, 6.45) is 0. The van der Waals surface area contributed by atoms with Crippen molar-refractivity contribution >= 4 is 35.0 Å². The van der Waals surface area contributed by atoms with Crippen molar-refractivity contribution in [1.82, 2.24) is 4.98 Å². The number of rotatable bonds is 5. The van der Waals surface area contributed by atoms with Gasteiger partial charge < -0.3 is 10.1 Å². The molecule has 1 atom stereocenters. The van der Waals surface area contributed by atoms with Crippen molar-refractivity contribution in [2.24, 2.45) is 0 Å². The number of methoxy groups -OCH3 is 1. The molecule has 130 valence electrons. The Balaban J connectivity index is 2.14. The summed E-state index contributed by atoms with van der Waals surface area (Å²) >= 11 is 7.33. The third-order valence-electron chi connectivity index (χ3n) is 3.50. The molecule has 0 saturated heterocycles. The summed E-state index contributed by atoms with van der Waals surface area (Å²) in [5.74, 6) is 0.344. The summed E-state index contributed by atoms with van der Waals surface area (Å²) in [5.41, 5.74) is 2.75. The Kier molecular flexibility index (Phi) is 6.29. The molecule has 25 heavy (non-hydrogen) atoms. The number of pyridine rings is 1. The number of nitrogens with zero attached hydrogens (tertiary/aromatic N) is 2. The number of amides is 1. The molecule has 2 rings (SSSR count). The number of ether oxygens (including phenoxy) is 1. The summed E-state index contributed by atoms with van der Waals surface area (Å²) < 4.78 is 5.09. The van der Waals surface area contributed by atoms with Crippen molar-refractivity contribution in [2.75, 3.05) is 12.4 Å². The number of hydrogen-bond acceptors (Lipinski definition) is 5. The molecule has 0 aliphatic rings. The van der Waals surface area contributed by atoms with Crippen molar-refractivity contribution in [1.29, 1.82) is 5.26 Å². The lowest BCUT2D eigenvalue weighted by atomic mass is 10.1. The molecule has 1 N–H and O–H groups in total. The predicted molar refractivity (Wildman–Crippen MR) is 100 cm³/mol. The molecular weight excluding hydrogens is 358 g/mol. The van der Waals surface area contributed by atoms with Crippen LogP contribution < -0.4 is 10.1 Å². The predicted octanol–water partition coefficient (Wildman–Crippen LogP) is 4.35. The molecule has 0 aliphatic heterocycles. The van der Waals surface area contributed by atoms with Gasteiger partial charge in [-0.3, -0.25) is 4.79 Å². The molecule has 5 nitrogen and oxygen atoms in total. The second-order valence-electron chi connectivity index (χ2n) is 5.47. The van der Waals surface area contributed by atoms with E-state index >= 15 is 0 Å². The Morgan fingerprint density at radius 3 is 2.72 bits per heavy atom. The van der Waals surface area contributed by atoms with Gasteiger partial charge in [-0.15, -0.1) is 0 Å². The van der Waals surface area contributed by atoms with Crippen molar-refractivity contribution in [3.05, 3.63) is 46.1 Å². The summed E-state index contributed by atoms with van der Waals surface area (Å²) in [7, 11) is 1.53. The number of nitrogens with one attached hydrogen (secondary N) is 1. The van der Waals surface area contributed by atoms with Crippen LogP contribution in [-0.2, 0) is 4.79 Å².